The third kappa shape index (κ3) is 2.86. The molecule has 3 aromatic rings. The number of aromatic nitrogens is 1. The van der Waals surface area contributed by atoms with Crippen LogP contribution in [0, 0.1) is 5.92 Å². The molecule has 2 fully saturated rings. The minimum atomic E-state index is -0.302. The van der Waals surface area contributed by atoms with Gasteiger partial charge in [-0.15, -0.1) is 0 Å². The topological polar surface area (TPSA) is 64.8 Å². The van der Waals surface area contributed by atoms with E-state index in [2.05, 4.69) is 4.98 Å². The number of ether oxygens (including phenoxy) is 2. The maximum absolute atomic E-state index is 12.8. The second-order valence-corrected chi connectivity index (χ2v) is 7.21. The number of amides is 1. The summed E-state index contributed by atoms with van der Waals surface area (Å²) in [6.07, 6.45) is 4.37. The molecule has 0 radical (unpaired) electrons. The summed E-state index contributed by atoms with van der Waals surface area (Å²) >= 11 is 0. The Morgan fingerprint density at radius 1 is 1.26 bits per heavy atom. The average molecular weight is 364 g/mol. The van der Waals surface area contributed by atoms with Crippen molar-refractivity contribution < 1.29 is 18.7 Å². The van der Waals surface area contributed by atoms with Gasteiger partial charge in [-0.3, -0.25) is 9.78 Å². The van der Waals surface area contributed by atoms with Gasteiger partial charge in [0.25, 0.3) is 5.91 Å². The van der Waals surface area contributed by atoms with E-state index in [9.17, 15) is 4.79 Å². The molecule has 2 aliphatic rings. The lowest BCUT2D eigenvalue weighted by Crippen LogP contribution is -2.66. The summed E-state index contributed by atoms with van der Waals surface area (Å²) in [5.74, 6) is 1.32. The Labute approximate surface area is 156 Å². The Morgan fingerprint density at radius 3 is 2.96 bits per heavy atom. The van der Waals surface area contributed by atoms with E-state index in [1.165, 1.54) is 0 Å². The number of carbonyl (C=O) groups excluding carboxylic acids is 1. The van der Waals surface area contributed by atoms with E-state index < -0.39 is 0 Å². The Balaban J connectivity index is 1.24. The molecule has 1 atom stereocenters. The van der Waals surface area contributed by atoms with Crippen LogP contribution in [0.1, 0.15) is 17.0 Å². The van der Waals surface area contributed by atoms with E-state index in [1.54, 1.807) is 23.4 Å². The minimum Gasteiger partial charge on any atom is -0.492 e. The number of rotatable bonds is 4. The van der Waals surface area contributed by atoms with Crippen molar-refractivity contribution in [3.05, 3.63) is 60.6 Å². The number of para-hydroxylation sites is 1. The minimum absolute atomic E-state index is 0.0840. The second kappa shape index (κ2) is 6.39. The number of hydrogen-bond acceptors (Lipinski definition) is 5. The molecule has 5 rings (SSSR count). The number of benzene rings is 1. The number of pyridine rings is 1. The largest absolute Gasteiger partial charge is 0.492 e. The quantitative estimate of drug-likeness (QED) is 0.712. The molecule has 2 aromatic heterocycles. The highest BCUT2D eigenvalue weighted by molar-refractivity contribution is 5.96. The fourth-order valence-electron chi connectivity index (χ4n) is 3.99. The van der Waals surface area contributed by atoms with Crippen LogP contribution in [0.15, 0.2) is 59.3 Å². The van der Waals surface area contributed by atoms with Crippen molar-refractivity contribution in [2.45, 2.75) is 12.0 Å². The lowest BCUT2D eigenvalue weighted by molar-refractivity contribution is -0.122. The molecule has 0 unspecified atom stereocenters. The van der Waals surface area contributed by atoms with Crippen LogP contribution >= 0.6 is 0 Å². The maximum Gasteiger partial charge on any atom is 0.289 e. The van der Waals surface area contributed by atoms with Crippen LogP contribution < -0.4 is 4.74 Å². The van der Waals surface area contributed by atoms with Gasteiger partial charge in [-0.1, -0.05) is 18.2 Å². The highest BCUT2D eigenvalue weighted by Crippen LogP contribution is 2.41. The molecule has 0 bridgehead atoms. The molecule has 2 saturated heterocycles. The number of hydrogen-bond donors (Lipinski definition) is 0. The first-order valence-corrected chi connectivity index (χ1v) is 9.18. The van der Waals surface area contributed by atoms with E-state index in [-0.39, 0.29) is 17.4 Å². The van der Waals surface area contributed by atoms with Crippen molar-refractivity contribution in [1.82, 2.24) is 9.88 Å². The molecule has 0 aliphatic carbocycles. The molecule has 1 amide bonds. The summed E-state index contributed by atoms with van der Waals surface area (Å²) in [5.41, 5.74) is 0.431. The molecule has 6 heteroatoms. The number of likely N-dealkylation sites (tertiary alicyclic amines) is 1. The first-order chi connectivity index (χ1) is 13.2. The van der Waals surface area contributed by atoms with E-state index in [0.29, 0.717) is 32.1 Å². The number of fused-ring (bicyclic) bond motifs is 1. The molecule has 0 N–H and O–H groups in total. The van der Waals surface area contributed by atoms with Gasteiger partial charge in [0.15, 0.2) is 5.76 Å². The predicted octanol–water partition coefficient (Wildman–Crippen LogP) is 3.14. The van der Waals surface area contributed by atoms with Crippen LogP contribution in [-0.2, 0) is 4.74 Å². The van der Waals surface area contributed by atoms with Gasteiger partial charge in [0.1, 0.15) is 16.9 Å². The Bertz CT molecular complexity index is 929. The molecule has 138 valence electrons. The summed E-state index contributed by atoms with van der Waals surface area (Å²) in [4.78, 5) is 18.6. The normalized spacial score (nSPS) is 20.7. The van der Waals surface area contributed by atoms with Crippen LogP contribution in [0.2, 0.25) is 0 Å². The maximum atomic E-state index is 12.8. The molecular formula is C21H20N2O4. The highest BCUT2D eigenvalue weighted by atomic mass is 16.5. The molecule has 6 nitrogen and oxygen atoms in total. The summed E-state index contributed by atoms with van der Waals surface area (Å²) < 4.78 is 17.6. The van der Waals surface area contributed by atoms with Gasteiger partial charge in [0, 0.05) is 24.1 Å². The zero-order chi connectivity index (χ0) is 18.3. The van der Waals surface area contributed by atoms with E-state index in [0.717, 1.165) is 23.1 Å². The van der Waals surface area contributed by atoms with Gasteiger partial charge in [-0.05, 0) is 30.7 Å². The Morgan fingerprint density at radius 2 is 2.15 bits per heavy atom. The molecule has 1 aromatic carbocycles. The van der Waals surface area contributed by atoms with Gasteiger partial charge in [-0.25, -0.2) is 0 Å². The third-order valence-corrected chi connectivity index (χ3v) is 5.53. The molecular weight excluding hydrogens is 344 g/mol. The van der Waals surface area contributed by atoms with Gasteiger partial charge in [-0.2, -0.15) is 0 Å². The first-order valence-electron chi connectivity index (χ1n) is 9.18. The summed E-state index contributed by atoms with van der Waals surface area (Å²) in [6, 6.07) is 13.2. The van der Waals surface area contributed by atoms with Gasteiger partial charge in [0.2, 0.25) is 0 Å². The van der Waals surface area contributed by atoms with Crippen molar-refractivity contribution >= 4 is 16.9 Å². The van der Waals surface area contributed by atoms with Crippen molar-refractivity contribution in [3.63, 3.8) is 0 Å². The van der Waals surface area contributed by atoms with Crippen molar-refractivity contribution in [2.75, 3.05) is 26.3 Å². The van der Waals surface area contributed by atoms with Crippen LogP contribution in [0.5, 0.6) is 5.75 Å². The van der Waals surface area contributed by atoms with Crippen molar-refractivity contribution in [1.29, 1.82) is 0 Å². The van der Waals surface area contributed by atoms with Crippen LogP contribution in [-0.4, -0.2) is 47.7 Å². The zero-order valence-electron chi connectivity index (χ0n) is 14.8. The first kappa shape index (κ1) is 16.3. The summed E-state index contributed by atoms with van der Waals surface area (Å²) in [5, 5.41) is 0.941. The summed E-state index contributed by atoms with van der Waals surface area (Å²) in [6.45, 7) is 2.42. The third-order valence-electron chi connectivity index (χ3n) is 5.53. The van der Waals surface area contributed by atoms with Crippen molar-refractivity contribution in [3.8, 4) is 5.75 Å². The van der Waals surface area contributed by atoms with Crippen LogP contribution in [0.4, 0.5) is 0 Å². The molecule has 27 heavy (non-hydrogen) atoms. The molecule has 0 saturated carbocycles. The second-order valence-electron chi connectivity index (χ2n) is 7.21. The van der Waals surface area contributed by atoms with Gasteiger partial charge in [0.05, 0.1) is 25.9 Å². The van der Waals surface area contributed by atoms with Crippen LogP contribution in [0.3, 0.4) is 0 Å². The SMILES string of the molecule is O=C(c1cc2ccccc2o1)N1CC2(C1)OCC[C@H]2COc1cccnc1. The average Bonchev–Trinajstić information content (AvgIpc) is 3.29. The molecule has 4 heterocycles. The lowest BCUT2D eigenvalue weighted by Gasteiger charge is -2.49. The number of carbonyl (C=O) groups is 1. The Kier molecular flexibility index (Phi) is 3.86. The van der Waals surface area contributed by atoms with E-state index in [1.807, 2.05) is 36.4 Å². The van der Waals surface area contributed by atoms with E-state index >= 15 is 0 Å². The zero-order valence-corrected chi connectivity index (χ0v) is 14.8. The van der Waals surface area contributed by atoms with Gasteiger partial charge >= 0.3 is 0 Å². The predicted molar refractivity (Wildman–Crippen MR) is 98.6 cm³/mol. The molecule has 2 aliphatic heterocycles. The van der Waals surface area contributed by atoms with Crippen molar-refractivity contribution in [2.24, 2.45) is 5.92 Å². The number of nitrogens with zero attached hydrogens (tertiary/aromatic N) is 2. The summed E-state index contributed by atoms with van der Waals surface area (Å²) in [7, 11) is 0. The number of furan rings is 1. The monoisotopic (exact) mass is 364 g/mol. The standard InChI is InChI=1S/C21H20N2O4/c24-20(19-10-15-4-1-2-6-18(15)27-19)23-13-21(14-23)16(7-9-26-21)12-25-17-5-3-8-22-11-17/h1-6,8,10-11,16H,7,9,12-14H2/t16-/m0/s1. The fourth-order valence-corrected chi connectivity index (χ4v) is 3.99. The van der Waals surface area contributed by atoms with Gasteiger partial charge < -0.3 is 18.8 Å². The fraction of sp³-hybridized carbons (Fsp3) is 0.333. The lowest BCUT2D eigenvalue weighted by atomic mass is 9.81. The Hall–Kier alpha value is -2.86. The van der Waals surface area contributed by atoms with E-state index in [4.69, 9.17) is 13.9 Å². The highest BCUT2D eigenvalue weighted by Gasteiger charge is 2.55. The van der Waals surface area contributed by atoms with Crippen LogP contribution in [0.25, 0.3) is 11.0 Å². The smallest absolute Gasteiger partial charge is 0.289 e. The molecule has 1 spiro atoms.